The molecule has 6 nitrogen and oxygen atoms in total. The van der Waals surface area contributed by atoms with Gasteiger partial charge in [0.1, 0.15) is 5.82 Å². The molecule has 162 valence electrons. The summed E-state index contributed by atoms with van der Waals surface area (Å²) in [6, 6.07) is 16.1. The zero-order valence-corrected chi connectivity index (χ0v) is 17.6. The van der Waals surface area contributed by atoms with Gasteiger partial charge in [-0.15, -0.1) is 0 Å². The van der Waals surface area contributed by atoms with Crippen molar-refractivity contribution >= 4 is 11.9 Å². The van der Waals surface area contributed by atoms with Crippen molar-refractivity contribution < 1.29 is 13.9 Å². The van der Waals surface area contributed by atoms with Crippen molar-refractivity contribution in [3.63, 3.8) is 0 Å². The van der Waals surface area contributed by atoms with Crippen LogP contribution in [0.4, 0.5) is 4.39 Å². The van der Waals surface area contributed by atoms with Crippen molar-refractivity contribution in [3.05, 3.63) is 71.5 Å². The third-order valence-corrected chi connectivity index (χ3v) is 4.67. The van der Waals surface area contributed by atoms with Crippen LogP contribution in [0, 0.1) is 17.7 Å². The van der Waals surface area contributed by atoms with Crippen molar-refractivity contribution in [3.8, 4) is 0 Å². The number of primary amides is 1. The summed E-state index contributed by atoms with van der Waals surface area (Å²) in [5.74, 6) is -0.279. The zero-order chi connectivity index (χ0) is 21.8. The Labute approximate surface area is 177 Å². The average molecular weight is 415 g/mol. The van der Waals surface area contributed by atoms with Gasteiger partial charge >= 0.3 is 0 Å². The summed E-state index contributed by atoms with van der Waals surface area (Å²) >= 11 is 0. The van der Waals surface area contributed by atoms with Gasteiger partial charge in [0.25, 0.3) is 0 Å². The minimum absolute atomic E-state index is 0.276. The lowest BCUT2D eigenvalue weighted by Crippen LogP contribution is -2.44. The number of nitrogens with zero attached hydrogens (tertiary/aromatic N) is 1. The van der Waals surface area contributed by atoms with E-state index in [-0.39, 0.29) is 11.7 Å². The highest BCUT2D eigenvalue weighted by Crippen LogP contribution is 2.09. The molecule has 0 aliphatic rings. The first kappa shape index (κ1) is 23.3. The lowest BCUT2D eigenvalue weighted by atomic mass is 9.98. The molecular formula is C23H31FN4O2. The molecular weight excluding hydrogens is 383 g/mol. The van der Waals surface area contributed by atoms with E-state index in [0.717, 1.165) is 11.1 Å². The number of ether oxygens (including phenoxy) is 1. The van der Waals surface area contributed by atoms with Crippen LogP contribution in [-0.2, 0) is 22.6 Å². The van der Waals surface area contributed by atoms with Gasteiger partial charge < -0.3 is 21.1 Å². The monoisotopic (exact) mass is 414 g/mol. The Morgan fingerprint density at radius 1 is 1.07 bits per heavy atom. The normalized spacial score (nSPS) is 13.5. The lowest BCUT2D eigenvalue weighted by Gasteiger charge is -2.19. The molecule has 0 radical (unpaired) electrons. The molecule has 0 spiro atoms. The molecule has 2 aromatic carbocycles. The molecule has 30 heavy (non-hydrogen) atoms. The quantitative estimate of drug-likeness (QED) is 0.389. The second kappa shape index (κ2) is 12.6. The molecule has 0 saturated heterocycles. The first-order valence-electron chi connectivity index (χ1n) is 10.1. The SMILES string of the molecule is CN=C(NCC(C)COCc1ccccc1)NCC(Cc1ccc(F)cc1)C(N)=O. The number of hydrogen-bond donors (Lipinski definition) is 3. The molecule has 4 N–H and O–H groups in total. The van der Waals surface area contributed by atoms with E-state index in [0.29, 0.717) is 38.7 Å². The number of halogens is 1. The van der Waals surface area contributed by atoms with Gasteiger partial charge in [0.2, 0.25) is 5.91 Å². The number of amides is 1. The Hall–Kier alpha value is -2.93. The van der Waals surface area contributed by atoms with Crippen LogP contribution in [0.25, 0.3) is 0 Å². The van der Waals surface area contributed by atoms with Crippen molar-refractivity contribution in [2.24, 2.45) is 22.6 Å². The van der Waals surface area contributed by atoms with E-state index in [2.05, 4.69) is 22.5 Å². The minimum Gasteiger partial charge on any atom is -0.376 e. The number of rotatable bonds is 11. The fraction of sp³-hybridized carbons (Fsp3) is 0.391. The number of benzene rings is 2. The molecule has 0 saturated carbocycles. The first-order valence-corrected chi connectivity index (χ1v) is 10.1. The van der Waals surface area contributed by atoms with Gasteiger partial charge in [-0.1, -0.05) is 49.4 Å². The van der Waals surface area contributed by atoms with Crippen LogP contribution in [-0.4, -0.2) is 38.6 Å². The first-order chi connectivity index (χ1) is 14.5. The van der Waals surface area contributed by atoms with Crippen molar-refractivity contribution in [1.29, 1.82) is 0 Å². The second-order valence-corrected chi connectivity index (χ2v) is 7.37. The number of aliphatic imine (C=N–C) groups is 1. The van der Waals surface area contributed by atoms with Crippen LogP contribution in [0.2, 0.25) is 0 Å². The van der Waals surface area contributed by atoms with E-state index >= 15 is 0 Å². The molecule has 2 rings (SSSR count). The summed E-state index contributed by atoms with van der Waals surface area (Å²) < 4.78 is 18.8. The van der Waals surface area contributed by atoms with Crippen LogP contribution in [0.3, 0.4) is 0 Å². The van der Waals surface area contributed by atoms with Gasteiger partial charge in [0.15, 0.2) is 5.96 Å². The largest absolute Gasteiger partial charge is 0.376 e. The summed E-state index contributed by atoms with van der Waals surface area (Å²) in [5, 5.41) is 6.38. The summed E-state index contributed by atoms with van der Waals surface area (Å²) in [4.78, 5) is 16.0. The number of hydrogen-bond acceptors (Lipinski definition) is 3. The molecule has 2 aromatic rings. The van der Waals surface area contributed by atoms with E-state index < -0.39 is 11.8 Å². The van der Waals surface area contributed by atoms with Gasteiger partial charge in [-0.2, -0.15) is 0 Å². The average Bonchev–Trinajstić information content (AvgIpc) is 2.75. The van der Waals surface area contributed by atoms with Gasteiger partial charge in [0.05, 0.1) is 19.1 Å². The molecule has 2 unspecified atom stereocenters. The highest BCUT2D eigenvalue weighted by atomic mass is 19.1. The Bertz CT molecular complexity index is 797. The third-order valence-electron chi connectivity index (χ3n) is 4.67. The summed E-state index contributed by atoms with van der Waals surface area (Å²) in [5.41, 5.74) is 7.54. The Morgan fingerprint density at radius 2 is 1.73 bits per heavy atom. The van der Waals surface area contributed by atoms with Crippen LogP contribution in [0.1, 0.15) is 18.1 Å². The summed E-state index contributed by atoms with van der Waals surface area (Å²) in [6.07, 6.45) is 0.434. The van der Waals surface area contributed by atoms with E-state index in [1.807, 2.05) is 30.3 Å². The maximum atomic E-state index is 13.1. The molecule has 0 heterocycles. The van der Waals surface area contributed by atoms with Crippen molar-refractivity contribution in [1.82, 2.24) is 10.6 Å². The van der Waals surface area contributed by atoms with E-state index in [1.165, 1.54) is 12.1 Å². The fourth-order valence-electron chi connectivity index (χ4n) is 2.90. The lowest BCUT2D eigenvalue weighted by molar-refractivity contribution is -0.121. The predicted molar refractivity (Wildman–Crippen MR) is 117 cm³/mol. The van der Waals surface area contributed by atoms with Gasteiger partial charge in [-0.3, -0.25) is 9.79 Å². The van der Waals surface area contributed by atoms with E-state index in [1.54, 1.807) is 19.2 Å². The third kappa shape index (κ3) is 8.61. The number of carbonyl (C=O) groups excluding carboxylic acids is 1. The zero-order valence-electron chi connectivity index (χ0n) is 17.6. The Kier molecular flexibility index (Phi) is 9.80. The topological polar surface area (TPSA) is 88.7 Å². The van der Waals surface area contributed by atoms with E-state index in [4.69, 9.17) is 10.5 Å². The molecule has 0 aliphatic heterocycles. The molecule has 2 atom stereocenters. The van der Waals surface area contributed by atoms with Crippen LogP contribution >= 0.6 is 0 Å². The number of nitrogens with one attached hydrogen (secondary N) is 2. The van der Waals surface area contributed by atoms with Crippen LogP contribution in [0.15, 0.2) is 59.6 Å². The number of nitrogens with two attached hydrogens (primary N) is 1. The molecule has 7 heteroatoms. The van der Waals surface area contributed by atoms with Gasteiger partial charge in [-0.25, -0.2) is 4.39 Å². The molecule has 0 aliphatic carbocycles. The van der Waals surface area contributed by atoms with E-state index in [9.17, 15) is 9.18 Å². The van der Waals surface area contributed by atoms with Crippen LogP contribution < -0.4 is 16.4 Å². The van der Waals surface area contributed by atoms with Gasteiger partial charge in [-0.05, 0) is 35.6 Å². The fourth-order valence-corrected chi connectivity index (χ4v) is 2.90. The standard InChI is InChI=1S/C23H31FN4O2/c1-17(15-30-16-19-6-4-3-5-7-19)13-27-23(26-2)28-14-20(22(25)29)12-18-8-10-21(24)11-9-18/h3-11,17,20H,12-16H2,1-2H3,(H2,25,29)(H2,26,27,28). The molecule has 0 aromatic heterocycles. The smallest absolute Gasteiger partial charge is 0.222 e. The number of carbonyl (C=O) groups is 1. The van der Waals surface area contributed by atoms with Crippen LogP contribution in [0.5, 0.6) is 0 Å². The van der Waals surface area contributed by atoms with Gasteiger partial charge in [0, 0.05) is 20.1 Å². The minimum atomic E-state index is -0.430. The molecule has 0 bridgehead atoms. The van der Waals surface area contributed by atoms with Crippen molar-refractivity contribution in [2.75, 3.05) is 26.7 Å². The maximum Gasteiger partial charge on any atom is 0.222 e. The maximum absolute atomic E-state index is 13.1. The Balaban J connectivity index is 1.72. The second-order valence-electron chi connectivity index (χ2n) is 7.37. The molecule has 1 amide bonds. The summed E-state index contributed by atoms with van der Waals surface area (Å²) in [7, 11) is 1.67. The highest BCUT2D eigenvalue weighted by molar-refractivity contribution is 5.81. The molecule has 0 fully saturated rings. The van der Waals surface area contributed by atoms with Crippen molar-refractivity contribution in [2.45, 2.75) is 20.0 Å². The Morgan fingerprint density at radius 3 is 2.37 bits per heavy atom. The highest BCUT2D eigenvalue weighted by Gasteiger charge is 2.17. The summed E-state index contributed by atoms with van der Waals surface area (Å²) in [6.45, 7) is 4.31. The predicted octanol–water partition coefficient (Wildman–Crippen LogP) is 2.49. The number of guanidine groups is 1.